The molecule has 0 aliphatic heterocycles. The van der Waals surface area contributed by atoms with Gasteiger partial charge < -0.3 is 14.5 Å². The first-order valence-corrected chi connectivity index (χ1v) is 6.54. The normalized spacial score (nSPS) is 10.4. The molecule has 1 heterocycles. The number of furan rings is 1. The Kier molecular flexibility index (Phi) is 5.74. The highest BCUT2D eigenvalue weighted by Crippen LogP contribution is 2.07. The van der Waals surface area contributed by atoms with Crippen molar-refractivity contribution in [3.8, 4) is 5.75 Å². The number of ether oxygens (including phenoxy) is 1. The summed E-state index contributed by atoms with van der Waals surface area (Å²) in [5, 5.41) is 6.11. The second-order valence-corrected chi connectivity index (χ2v) is 4.19. The molecule has 0 saturated carbocycles. The Hall–Kier alpha value is -3.09. The van der Waals surface area contributed by atoms with Gasteiger partial charge in [0.05, 0.1) is 19.0 Å². The summed E-state index contributed by atoms with van der Waals surface area (Å²) in [6, 6.07) is 12.3. The molecule has 0 aliphatic carbocycles. The van der Waals surface area contributed by atoms with Crippen LogP contribution in [0.1, 0.15) is 5.76 Å². The van der Waals surface area contributed by atoms with E-state index >= 15 is 0 Å². The fourth-order valence-electron chi connectivity index (χ4n) is 1.47. The van der Waals surface area contributed by atoms with E-state index in [0.717, 1.165) is 0 Å². The van der Waals surface area contributed by atoms with E-state index in [0.29, 0.717) is 11.5 Å². The molecule has 2 rings (SSSR count). The number of hydrogen-bond acceptors (Lipinski definition) is 5. The number of carbonyl (C=O) groups is 2. The molecule has 0 bridgehead atoms. The number of hydrazone groups is 1. The van der Waals surface area contributed by atoms with Gasteiger partial charge in [0.25, 0.3) is 11.8 Å². The molecule has 0 saturated heterocycles. The van der Waals surface area contributed by atoms with Gasteiger partial charge in [0.2, 0.25) is 0 Å². The standard InChI is InChI=1S/C15H15N3O4/c19-14(18-17-9-13-7-4-8-21-13)10-16-15(20)11-22-12-5-2-1-3-6-12/h1-9H,10-11H2,(H,16,20)(H,18,19)/b17-9+. The fraction of sp³-hybridized carbons (Fsp3) is 0.133. The van der Waals surface area contributed by atoms with Gasteiger partial charge in [-0.3, -0.25) is 9.59 Å². The largest absolute Gasteiger partial charge is 0.484 e. The first kappa shape index (κ1) is 15.3. The maximum Gasteiger partial charge on any atom is 0.259 e. The fourth-order valence-corrected chi connectivity index (χ4v) is 1.47. The van der Waals surface area contributed by atoms with E-state index in [2.05, 4.69) is 15.8 Å². The van der Waals surface area contributed by atoms with Crippen LogP contribution in [0.4, 0.5) is 0 Å². The third kappa shape index (κ3) is 5.49. The zero-order valence-electron chi connectivity index (χ0n) is 11.7. The smallest absolute Gasteiger partial charge is 0.259 e. The van der Waals surface area contributed by atoms with E-state index in [4.69, 9.17) is 9.15 Å². The number of para-hydroxylation sites is 1. The number of rotatable bonds is 7. The van der Waals surface area contributed by atoms with E-state index in [9.17, 15) is 9.59 Å². The van der Waals surface area contributed by atoms with E-state index in [-0.39, 0.29) is 13.2 Å². The third-order valence-corrected chi connectivity index (χ3v) is 2.48. The molecule has 0 atom stereocenters. The van der Waals surface area contributed by atoms with E-state index in [1.807, 2.05) is 6.07 Å². The molecule has 0 aliphatic rings. The average molecular weight is 301 g/mol. The second kappa shape index (κ2) is 8.25. The highest BCUT2D eigenvalue weighted by Gasteiger charge is 2.05. The van der Waals surface area contributed by atoms with Crippen LogP contribution in [0.15, 0.2) is 58.2 Å². The predicted octanol–water partition coefficient (Wildman–Crippen LogP) is 0.925. The lowest BCUT2D eigenvalue weighted by atomic mass is 10.3. The summed E-state index contributed by atoms with van der Waals surface area (Å²) in [7, 11) is 0. The molecule has 22 heavy (non-hydrogen) atoms. The quantitative estimate of drug-likeness (QED) is 0.587. The molecule has 7 nitrogen and oxygen atoms in total. The molecular weight excluding hydrogens is 286 g/mol. The minimum atomic E-state index is -0.448. The van der Waals surface area contributed by atoms with Gasteiger partial charge in [-0.25, -0.2) is 5.43 Å². The summed E-state index contributed by atoms with van der Waals surface area (Å²) in [4.78, 5) is 23.0. The Morgan fingerprint density at radius 1 is 1.14 bits per heavy atom. The van der Waals surface area contributed by atoms with Gasteiger partial charge in [-0.2, -0.15) is 5.10 Å². The first-order valence-electron chi connectivity index (χ1n) is 6.54. The Morgan fingerprint density at radius 3 is 2.68 bits per heavy atom. The summed E-state index contributed by atoms with van der Waals surface area (Å²) in [6.07, 6.45) is 2.86. The lowest BCUT2D eigenvalue weighted by Crippen LogP contribution is -2.37. The maximum atomic E-state index is 11.5. The number of nitrogens with one attached hydrogen (secondary N) is 2. The maximum absolute atomic E-state index is 11.5. The molecule has 1 aromatic carbocycles. The van der Waals surface area contributed by atoms with Crippen molar-refractivity contribution in [3.05, 3.63) is 54.5 Å². The molecule has 0 unspecified atom stereocenters. The van der Waals surface area contributed by atoms with Crippen LogP contribution in [0, 0.1) is 0 Å². The van der Waals surface area contributed by atoms with Crippen LogP contribution in [0.25, 0.3) is 0 Å². The summed E-state index contributed by atoms with van der Waals surface area (Å²) >= 11 is 0. The van der Waals surface area contributed by atoms with Crippen LogP contribution < -0.4 is 15.5 Å². The summed E-state index contributed by atoms with van der Waals surface area (Å²) in [6.45, 7) is -0.348. The van der Waals surface area contributed by atoms with Gasteiger partial charge in [0.1, 0.15) is 11.5 Å². The highest BCUT2D eigenvalue weighted by atomic mass is 16.5. The first-order chi connectivity index (χ1) is 10.7. The third-order valence-electron chi connectivity index (χ3n) is 2.48. The van der Waals surface area contributed by atoms with E-state index in [1.165, 1.54) is 12.5 Å². The van der Waals surface area contributed by atoms with Crippen molar-refractivity contribution in [2.24, 2.45) is 5.10 Å². The number of hydrogen-bond donors (Lipinski definition) is 2. The second-order valence-electron chi connectivity index (χ2n) is 4.19. The van der Waals surface area contributed by atoms with Gasteiger partial charge in [0, 0.05) is 0 Å². The van der Waals surface area contributed by atoms with Crippen molar-refractivity contribution >= 4 is 18.0 Å². The minimum Gasteiger partial charge on any atom is -0.484 e. The minimum absolute atomic E-state index is 0.160. The molecule has 2 amide bonds. The predicted molar refractivity (Wildman–Crippen MR) is 79.4 cm³/mol. The Morgan fingerprint density at radius 2 is 1.95 bits per heavy atom. The molecule has 0 fully saturated rings. The van der Waals surface area contributed by atoms with Crippen molar-refractivity contribution in [2.45, 2.75) is 0 Å². The zero-order chi connectivity index (χ0) is 15.6. The van der Waals surface area contributed by atoms with Crippen LogP contribution in [-0.4, -0.2) is 31.2 Å². The van der Waals surface area contributed by atoms with Crippen molar-refractivity contribution in [1.29, 1.82) is 0 Å². The van der Waals surface area contributed by atoms with Gasteiger partial charge >= 0.3 is 0 Å². The summed E-state index contributed by atoms with van der Waals surface area (Å²) in [5.74, 6) is 0.260. The SMILES string of the molecule is O=C(COc1ccccc1)NCC(=O)N/N=C/c1ccco1. The van der Waals surface area contributed by atoms with Crippen LogP contribution in [-0.2, 0) is 9.59 Å². The van der Waals surface area contributed by atoms with E-state index < -0.39 is 11.8 Å². The molecule has 7 heteroatoms. The molecule has 0 spiro atoms. The van der Waals surface area contributed by atoms with Gasteiger partial charge in [0.15, 0.2) is 6.61 Å². The average Bonchev–Trinajstić information content (AvgIpc) is 3.05. The van der Waals surface area contributed by atoms with Gasteiger partial charge in [-0.15, -0.1) is 0 Å². The van der Waals surface area contributed by atoms with Crippen molar-refractivity contribution in [3.63, 3.8) is 0 Å². The summed E-state index contributed by atoms with van der Waals surface area (Å²) in [5.41, 5.74) is 2.27. The van der Waals surface area contributed by atoms with E-state index in [1.54, 1.807) is 36.4 Å². The Labute approximate surface area is 127 Å². The topological polar surface area (TPSA) is 92.9 Å². The van der Waals surface area contributed by atoms with Crippen LogP contribution in [0.3, 0.4) is 0 Å². The Bertz CT molecular complexity index is 624. The molecule has 2 N–H and O–H groups in total. The molecule has 1 aromatic heterocycles. The monoisotopic (exact) mass is 301 g/mol. The zero-order valence-corrected chi connectivity index (χ0v) is 11.7. The lowest BCUT2D eigenvalue weighted by Gasteiger charge is -2.06. The molecule has 0 radical (unpaired) electrons. The molecule has 2 aromatic rings. The lowest BCUT2D eigenvalue weighted by molar-refractivity contribution is -0.127. The van der Waals surface area contributed by atoms with Crippen LogP contribution in [0.2, 0.25) is 0 Å². The molecule has 114 valence electrons. The van der Waals surface area contributed by atoms with Crippen molar-refractivity contribution in [1.82, 2.24) is 10.7 Å². The highest BCUT2D eigenvalue weighted by molar-refractivity contribution is 5.86. The van der Waals surface area contributed by atoms with Gasteiger partial charge in [-0.1, -0.05) is 18.2 Å². The van der Waals surface area contributed by atoms with Crippen LogP contribution in [0.5, 0.6) is 5.75 Å². The van der Waals surface area contributed by atoms with Crippen LogP contribution >= 0.6 is 0 Å². The number of amides is 2. The number of nitrogens with zero attached hydrogens (tertiary/aromatic N) is 1. The Balaban J connectivity index is 1.62. The molecular formula is C15H15N3O4. The van der Waals surface area contributed by atoms with Crippen molar-refractivity contribution in [2.75, 3.05) is 13.2 Å². The van der Waals surface area contributed by atoms with Crippen molar-refractivity contribution < 1.29 is 18.7 Å². The van der Waals surface area contributed by atoms with Gasteiger partial charge in [-0.05, 0) is 24.3 Å². The summed E-state index contributed by atoms with van der Waals surface area (Å²) < 4.78 is 10.2. The number of carbonyl (C=O) groups excluding carboxylic acids is 2. The number of benzene rings is 1.